The highest BCUT2D eigenvalue weighted by Crippen LogP contribution is 2.37. The van der Waals surface area contributed by atoms with Crippen molar-refractivity contribution in [1.82, 2.24) is 10.1 Å². The highest BCUT2D eigenvalue weighted by Gasteiger charge is 2.44. The molecule has 7 heteroatoms. The minimum atomic E-state index is -0.522. The van der Waals surface area contributed by atoms with E-state index in [1.807, 2.05) is 54.6 Å². The number of amides is 1. The van der Waals surface area contributed by atoms with E-state index in [0.29, 0.717) is 16.4 Å². The van der Waals surface area contributed by atoms with Gasteiger partial charge in [0.25, 0.3) is 6.17 Å². The molecular formula is C23H25N4O2S+. The Kier molecular flexibility index (Phi) is 5.99. The summed E-state index contributed by atoms with van der Waals surface area (Å²) in [5.41, 5.74) is 2.59. The summed E-state index contributed by atoms with van der Waals surface area (Å²) in [7, 11) is 0. The maximum Gasteiger partial charge on any atom is 0.325 e. The maximum absolute atomic E-state index is 13.2. The van der Waals surface area contributed by atoms with E-state index >= 15 is 0 Å². The molecule has 1 amide bonds. The van der Waals surface area contributed by atoms with Crippen molar-refractivity contribution in [2.45, 2.75) is 44.4 Å². The fourth-order valence-corrected chi connectivity index (χ4v) is 4.68. The van der Waals surface area contributed by atoms with E-state index in [-0.39, 0.29) is 11.5 Å². The molecule has 0 bridgehead atoms. The highest BCUT2D eigenvalue weighted by atomic mass is 32.2. The molecule has 1 aliphatic heterocycles. The number of aromatic amines is 1. The topological polar surface area (TPSA) is 69.9 Å². The zero-order chi connectivity index (χ0) is 21.1. The molecule has 0 saturated heterocycles. The molecule has 1 aromatic heterocycles. The van der Waals surface area contributed by atoms with Gasteiger partial charge in [0.15, 0.2) is 0 Å². The number of nitrogens with zero attached hydrogens (tertiary/aromatic N) is 3. The van der Waals surface area contributed by atoms with E-state index in [4.69, 9.17) is 5.10 Å². The number of H-pyrrole nitrogens is 1. The third kappa shape index (κ3) is 3.77. The summed E-state index contributed by atoms with van der Waals surface area (Å²) in [6.45, 7) is 3.71. The normalized spacial score (nSPS) is 14.9. The molecule has 154 valence electrons. The summed E-state index contributed by atoms with van der Waals surface area (Å²) in [4.78, 5) is 30.6. The summed E-state index contributed by atoms with van der Waals surface area (Å²) >= 11 is 1.54. The lowest BCUT2D eigenvalue weighted by Gasteiger charge is -2.31. The van der Waals surface area contributed by atoms with Gasteiger partial charge in [-0.15, -0.1) is 0 Å². The number of unbranched alkanes of at least 4 members (excludes halogenated alkanes) is 2. The first-order valence-electron chi connectivity index (χ1n) is 10.2. The lowest BCUT2D eigenvalue weighted by molar-refractivity contribution is -0.763. The molecule has 0 spiro atoms. The Labute approximate surface area is 180 Å². The van der Waals surface area contributed by atoms with Gasteiger partial charge in [0.1, 0.15) is 0 Å². The molecule has 3 aromatic rings. The van der Waals surface area contributed by atoms with Gasteiger partial charge in [0, 0.05) is 23.3 Å². The number of nitrogens with one attached hydrogen (secondary N) is 1. The van der Waals surface area contributed by atoms with Crippen molar-refractivity contribution in [2.75, 3.05) is 10.7 Å². The van der Waals surface area contributed by atoms with Gasteiger partial charge in [-0.2, -0.15) is 0 Å². The minimum absolute atomic E-state index is 0.103. The third-order valence-corrected chi connectivity index (χ3v) is 6.13. The van der Waals surface area contributed by atoms with Crippen LogP contribution in [0.1, 0.15) is 44.8 Å². The van der Waals surface area contributed by atoms with Crippen molar-refractivity contribution < 1.29 is 9.48 Å². The van der Waals surface area contributed by atoms with E-state index in [1.54, 1.807) is 28.3 Å². The van der Waals surface area contributed by atoms with Crippen molar-refractivity contribution in [2.24, 2.45) is 0 Å². The van der Waals surface area contributed by atoms with Gasteiger partial charge in [-0.1, -0.05) is 74.0 Å². The monoisotopic (exact) mass is 421 g/mol. The summed E-state index contributed by atoms with van der Waals surface area (Å²) in [5, 5.41) is 5.36. The number of benzene rings is 2. The largest absolute Gasteiger partial charge is 0.325 e. The molecule has 1 N–H and O–H groups in total. The van der Waals surface area contributed by atoms with E-state index in [1.165, 1.54) is 0 Å². The van der Waals surface area contributed by atoms with Crippen LogP contribution in [-0.4, -0.2) is 21.7 Å². The standard InChI is InChI=1S/C23H24N4O2S/c1-3-4-10-15-30-23-24-21(29)20-18-13-8-9-14-19(18)26(16(2)28)22(27(20)25-23)17-11-6-5-7-12-17/h5-9,11-14,22H,3-4,10,15H2,1-2H3/p+1. The number of para-hydroxylation sites is 1. The predicted octanol–water partition coefficient (Wildman–Crippen LogP) is 3.92. The first kappa shape index (κ1) is 20.3. The number of carbonyl (C=O) groups excluding carboxylic acids is 1. The molecule has 1 aliphatic rings. The number of aromatic nitrogens is 3. The molecule has 2 heterocycles. The number of thioether (sulfide) groups is 1. The maximum atomic E-state index is 13.2. The number of hydrogen-bond acceptors (Lipinski definition) is 4. The van der Waals surface area contributed by atoms with Crippen LogP contribution in [0.15, 0.2) is 64.5 Å². The van der Waals surface area contributed by atoms with Crippen molar-refractivity contribution in [1.29, 1.82) is 0 Å². The van der Waals surface area contributed by atoms with Crippen LogP contribution in [0, 0.1) is 0 Å². The van der Waals surface area contributed by atoms with Crippen LogP contribution in [0.3, 0.4) is 0 Å². The summed E-state index contributed by atoms with van der Waals surface area (Å²) in [5.74, 6) is 0.785. The quantitative estimate of drug-likeness (QED) is 0.372. The molecule has 0 radical (unpaired) electrons. The molecule has 30 heavy (non-hydrogen) atoms. The summed E-state index contributed by atoms with van der Waals surface area (Å²) in [6, 6.07) is 17.2. The number of rotatable bonds is 6. The van der Waals surface area contributed by atoms with Gasteiger partial charge in [0.2, 0.25) is 11.1 Å². The van der Waals surface area contributed by atoms with Crippen LogP contribution in [-0.2, 0) is 4.79 Å². The average molecular weight is 422 g/mol. The second-order valence-electron chi connectivity index (χ2n) is 7.30. The van der Waals surface area contributed by atoms with Gasteiger partial charge >= 0.3 is 11.3 Å². The molecule has 0 saturated carbocycles. The molecule has 2 aromatic carbocycles. The van der Waals surface area contributed by atoms with Crippen LogP contribution in [0.2, 0.25) is 0 Å². The van der Waals surface area contributed by atoms with Crippen molar-refractivity contribution in [3.8, 4) is 11.3 Å². The van der Waals surface area contributed by atoms with Gasteiger partial charge < -0.3 is 0 Å². The van der Waals surface area contributed by atoms with Crippen LogP contribution in [0.5, 0.6) is 0 Å². The van der Waals surface area contributed by atoms with Crippen LogP contribution >= 0.6 is 11.8 Å². The van der Waals surface area contributed by atoms with Gasteiger partial charge in [0.05, 0.1) is 11.3 Å². The summed E-state index contributed by atoms with van der Waals surface area (Å²) < 4.78 is 1.71. The van der Waals surface area contributed by atoms with Crippen LogP contribution < -0.4 is 15.1 Å². The van der Waals surface area contributed by atoms with E-state index in [0.717, 1.165) is 36.3 Å². The smallest absolute Gasteiger partial charge is 0.291 e. The first-order chi connectivity index (χ1) is 14.6. The van der Waals surface area contributed by atoms with E-state index in [9.17, 15) is 9.59 Å². The lowest BCUT2D eigenvalue weighted by Crippen LogP contribution is -2.60. The van der Waals surface area contributed by atoms with Crippen molar-refractivity contribution in [3.63, 3.8) is 0 Å². The Balaban J connectivity index is 1.90. The number of anilines is 1. The van der Waals surface area contributed by atoms with E-state index < -0.39 is 6.17 Å². The Morgan fingerprint density at radius 1 is 1.13 bits per heavy atom. The average Bonchev–Trinajstić information content (AvgIpc) is 2.76. The first-order valence-corrected chi connectivity index (χ1v) is 11.2. The fraction of sp³-hybridized carbons (Fsp3) is 0.304. The molecule has 4 rings (SSSR count). The van der Waals surface area contributed by atoms with Gasteiger partial charge in [-0.25, -0.2) is 4.90 Å². The Morgan fingerprint density at radius 3 is 2.60 bits per heavy atom. The second kappa shape index (κ2) is 8.83. The van der Waals surface area contributed by atoms with Crippen LogP contribution in [0.25, 0.3) is 11.3 Å². The zero-order valence-corrected chi connectivity index (χ0v) is 18.0. The predicted molar refractivity (Wildman–Crippen MR) is 118 cm³/mol. The molecule has 0 aliphatic carbocycles. The van der Waals surface area contributed by atoms with Gasteiger partial charge in [-0.05, 0) is 23.2 Å². The Morgan fingerprint density at radius 2 is 1.87 bits per heavy atom. The Hall–Kier alpha value is -2.93. The highest BCUT2D eigenvalue weighted by molar-refractivity contribution is 7.99. The third-order valence-electron chi connectivity index (χ3n) is 5.18. The molecule has 6 nitrogen and oxygen atoms in total. The Bertz CT molecular complexity index is 1110. The number of hydrogen-bond donors (Lipinski definition) is 1. The number of fused-ring (bicyclic) bond motifs is 3. The number of carbonyl (C=O) groups is 1. The second-order valence-corrected chi connectivity index (χ2v) is 8.38. The zero-order valence-electron chi connectivity index (χ0n) is 17.2. The van der Waals surface area contributed by atoms with Gasteiger partial charge in [-0.3, -0.25) is 14.6 Å². The molecular weight excluding hydrogens is 396 g/mol. The molecule has 1 unspecified atom stereocenters. The SMILES string of the molecule is CCCCCSc1n[n+]2c(c(=O)[nH]1)-c1ccccc1N(C(C)=O)C2c1ccccc1. The summed E-state index contributed by atoms with van der Waals surface area (Å²) in [6.07, 6.45) is 2.83. The van der Waals surface area contributed by atoms with Crippen LogP contribution in [0.4, 0.5) is 5.69 Å². The van der Waals surface area contributed by atoms with E-state index in [2.05, 4.69) is 11.9 Å². The minimum Gasteiger partial charge on any atom is -0.291 e. The van der Waals surface area contributed by atoms with Crippen molar-refractivity contribution in [3.05, 3.63) is 70.5 Å². The van der Waals surface area contributed by atoms with Crippen molar-refractivity contribution >= 4 is 23.4 Å². The lowest BCUT2D eigenvalue weighted by atomic mass is 10.0. The molecule has 1 atom stereocenters. The fourth-order valence-electron chi connectivity index (χ4n) is 3.82. The molecule has 0 fully saturated rings.